The van der Waals surface area contributed by atoms with Crippen molar-refractivity contribution in [1.82, 2.24) is 0 Å². The van der Waals surface area contributed by atoms with Crippen LogP contribution in [0.1, 0.15) is 95.9 Å². The maximum absolute atomic E-state index is 12.8. The maximum atomic E-state index is 12.8. The molecule has 0 amide bonds. The van der Waals surface area contributed by atoms with Crippen molar-refractivity contribution in [2.45, 2.75) is 56.3 Å². The molecule has 0 saturated heterocycles. The molecule has 0 fully saturated rings. The van der Waals surface area contributed by atoms with Crippen molar-refractivity contribution in [1.29, 1.82) is 0 Å². The summed E-state index contributed by atoms with van der Waals surface area (Å²) in [5.74, 6) is -0.704. The summed E-state index contributed by atoms with van der Waals surface area (Å²) in [5, 5.41) is 11.7. The Morgan fingerprint density at radius 2 is 0.816 bits per heavy atom. The lowest BCUT2D eigenvalue weighted by atomic mass is 9.79. The number of rotatable bonds is 10. The average molecular weight is 667 g/mol. The van der Waals surface area contributed by atoms with E-state index in [0.29, 0.717) is 11.1 Å². The predicted molar refractivity (Wildman–Crippen MR) is 199 cm³/mol. The summed E-state index contributed by atoms with van der Waals surface area (Å²) in [4.78, 5) is -0.487. The van der Waals surface area contributed by atoms with Gasteiger partial charge >= 0.3 is 0 Å². The van der Waals surface area contributed by atoms with Crippen LogP contribution in [-0.2, 0) is 10.1 Å². The summed E-state index contributed by atoms with van der Waals surface area (Å²) >= 11 is 0. The zero-order valence-electron chi connectivity index (χ0n) is 28.3. The second kappa shape index (κ2) is 14.3. The lowest BCUT2D eigenvalue weighted by Crippen LogP contribution is -2.10. The molecule has 0 aliphatic carbocycles. The first-order chi connectivity index (χ1) is 23.5. The Hall–Kier alpha value is -4.97. The second-order valence-electron chi connectivity index (χ2n) is 13.0. The SMILES string of the molecule is CC(c1ccccc1)c1ccc(C(C)c2cc(S(=O)(=O)O)c(O)c(C(C)c3ccc(C(C)c4ccccc4)cc3)c2-c2ccccc2)cc1. The Kier molecular flexibility index (Phi) is 9.86. The number of phenols is 1. The van der Waals surface area contributed by atoms with Crippen LogP contribution in [0.25, 0.3) is 11.1 Å². The minimum Gasteiger partial charge on any atom is -0.506 e. The molecule has 5 heteroatoms. The van der Waals surface area contributed by atoms with Crippen molar-refractivity contribution in [3.63, 3.8) is 0 Å². The maximum Gasteiger partial charge on any atom is 0.298 e. The summed E-state index contributed by atoms with van der Waals surface area (Å²) < 4.78 is 36.1. The largest absolute Gasteiger partial charge is 0.506 e. The molecule has 4 nitrogen and oxygen atoms in total. The molecule has 2 N–H and O–H groups in total. The molecule has 0 aliphatic rings. The lowest BCUT2D eigenvalue weighted by molar-refractivity contribution is 0.436. The van der Waals surface area contributed by atoms with Gasteiger partial charge in [0.15, 0.2) is 0 Å². The van der Waals surface area contributed by atoms with Gasteiger partial charge in [0.1, 0.15) is 10.6 Å². The molecule has 0 heterocycles. The highest BCUT2D eigenvalue weighted by Gasteiger charge is 2.30. The van der Waals surface area contributed by atoms with E-state index in [-0.39, 0.29) is 17.8 Å². The van der Waals surface area contributed by atoms with Crippen molar-refractivity contribution >= 4 is 10.1 Å². The highest BCUT2D eigenvalue weighted by Crippen LogP contribution is 2.47. The van der Waals surface area contributed by atoms with E-state index < -0.39 is 26.7 Å². The third-order valence-corrected chi connectivity index (χ3v) is 10.9. The van der Waals surface area contributed by atoms with Crippen LogP contribution in [0.15, 0.2) is 150 Å². The van der Waals surface area contributed by atoms with Gasteiger partial charge in [0, 0.05) is 29.2 Å². The third-order valence-electron chi connectivity index (χ3n) is 10.0. The topological polar surface area (TPSA) is 74.6 Å². The monoisotopic (exact) mass is 666 g/mol. The number of benzene rings is 6. The molecule has 0 spiro atoms. The zero-order valence-corrected chi connectivity index (χ0v) is 29.1. The summed E-state index contributed by atoms with van der Waals surface area (Å²) in [5.41, 5.74) is 9.46. The molecule has 4 atom stereocenters. The number of hydrogen-bond donors (Lipinski definition) is 2. The van der Waals surface area contributed by atoms with Crippen LogP contribution in [0.2, 0.25) is 0 Å². The van der Waals surface area contributed by atoms with E-state index >= 15 is 0 Å². The summed E-state index contributed by atoms with van der Waals surface area (Å²) in [6, 6.07) is 48.6. The van der Waals surface area contributed by atoms with Gasteiger partial charge in [-0.15, -0.1) is 0 Å². The van der Waals surface area contributed by atoms with Gasteiger partial charge < -0.3 is 5.11 Å². The van der Waals surface area contributed by atoms with Crippen LogP contribution >= 0.6 is 0 Å². The average Bonchev–Trinajstić information content (AvgIpc) is 3.14. The van der Waals surface area contributed by atoms with E-state index in [1.54, 1.807) is 0 Å². The van der Waals surface area contributed by atoms with Crippen LogP contribution in [0.5, 0.6) is 5.75 Å². The van der Waals surface area contributed by atoms with E-state index in [4.69, 9.17) is 0 Å². The molecule has 0 radical (unpaired) electrons. The molecule has 0 saturated carbocycles. The standard InChI is InChI=1S/C44H42O4S/c1-29(33-14-8-5-9-15-33)35-20-24-37(25-21-35)31(3)40-28-41(49(46,47)48)44(45)42(43(40)39-18-12-7-13-19-39)32(4)38-26-22-36(23-27-38)30(2)34-16-10-6-11-17-34/h5-32,45H,1-4H3,(H,46,47,48). The first-order valence-corrected chi connectivity index (χ1v) is 18.2. The van der Waals surface area contributed by atoms with E-state index in [1.807, 2.05) is 92.7 Å². The molecule has 6 rings (SSSR count). The van der Waals surface area contributed by atoms with Gasteiger partial charge in [-0.25, -0.2) is 0 Å². The second-order valence-corrected chi connectivity index (χ2v) is 14.4. The fourth-order valence-corrected chi connectivity index (χ4v) is 7.57. The molecule has 0 aromatic heterocycles. The smallest absolute Gasteiger partial charge is 0.298 e. The number of aromatic hydroxyl groups is 1. The summed E-state index contributed by atoms with van der Waals surface area (Å²) in [6.45, 7) is 8.36. The quantitative estimate of drug-likeness (QED) is 0.143. The van der Waals surface area contributed by atoms with Crippen LogP contribution in [0.4, 0.5) is 0 Å². The number of phenolic OH excluding ortho intramolecular Hbond substituents is 1. The zero-order chi connectivity index (χ0) is 34.7. The molecule has 0 bridgehead atoms. The van der Waals surface area contributed by atoms with Crippen LogP contribution < -0.4 is 0 Å². The Bertz CT molecular complexity index is 2130. The Morgan fingerprint density at radius 1 is 0.469 bits per heavy atom. The predicted octanol–water partition coefficient (Wildman–Crippen LogP) is 10.9. The van der Waals surface area contributed by atoms with Gasteiger partial charge in [-0.05, 0) is 56.1 Å². The molecule has 6 aromatic carbocycles. The highest BCUT2D eigenvalue weighted by molar-refractivity contribution is 7.86. The molecule has 248 valence electrons. The van der Waals surface area contributed by atoms with Gasteiger partial charge in [0.05, 0.1) is 0 Å². The number of hydrogen-bond acceptors (Lipinski definition) is 3. The highest BCUT2D eigenvalue weighted by atomic mass is 32.2. The molecular weight excluding hydrogens is 625 g/mol. The van der Waals surface area contributed by atoms with Gasteiger partial charge in [-0.1, -0.05) is 167 Å². The Balaban J connectivity index is 1.47. The van der Waals surface area contributed by atoms with Crippen molar-refractivity contribution < 1.29 is 18.1 Å². The van der Waals surface area contributed by atoms with Crippen molar-refractivity contribution in [2.24, 2.45) is 0 Å². The third kappa shape index (κ3) is 7.10. The van der Waals surface area contributed by atoms with Crippen molar-refractivity contribution in [3.05, 3.63) is 190 Å². The van der Waals surface area contributed by atoms with Crippen LogP contribution in [0, 0.1) is 0 Å². The minimum atomic E-state index is -4.76. The lowest BCUT2D eigenvalue weighted by Gasteiger charge is -2.26. The van der Waals surface area contributed by atoms with E-state index in [2.05, 4.69) is 74.5 Å². The van der Waals surface area contributed by atoms with Crippen LogP contribution in [0.3, 0.4) is 0 Å². The molecule has 49 heavy (non-hydrogen) atoms. The van der Waals surface area contributed by atoms with Gasteiger partial charge in [-0.3, -0.25) is 4.55 Å². The van der Waals surface area contributed by atoms with Crippen LogP contribution in [-0.4, -0.2) is 18.1 Å². The first-order valence-electron chi connectivity index (χ1n) is 16.8. The Labute approximate surface area is 290 Å². The van der Waals surface area contributed by atoms with Gasteiger partial charge in [0.2, 0.25) is 0 Å². The van der Waals surface area contributed by atoms with E-state index in [1.165, 1.54) is 22.8 Å². The molecule has 0 aliphatic heterocycles. The molecule has 4 unspecified atom stereocenters. The minimum absolute atomic E-state index is 0.191. The van der Waals surface area contributed by atoms with Crippen molar-refractivity contribution in [3.8, 4) is 16.9 Å². The summed E-state index contributed by atoms with van der Waals surface area (Å²) in [6.07, 6.45) is 0. The van der Waals surface area contributed by atoms with E-state index in [9.17, 15) is 18.1 Å². The summed E-state index contributed by atoms with van der Waals surface area (Å²) in [7, 11) is -4.76. The molecular formula is C44H42O4S. The first kappa shape index (κ1) is 33.9. The fraction of sp³-hybridized carbons (Fsp3) is 0.182. The van der Waals surface area contributed by atoms with E-state index in [0.717, 1.165) is 27.8 Å². The fourth-order valence-electron chi connectivity index (χ4n) is 6.94. The normalized spacial score (nSPS) is 14.1. The van der Waals surface area contributed by atoms with Gasteiger partial charge in [0.25, 0.3) is 10.1 Å². The van der Waals surface area contributed by atoms with Gasteiger partial charge in [-0.2, -0.15) is 8.42 Å². The molecule has 6 aromatic rings. The Morgan fingerprint density at radius 3 is 1.22 bits per heavy atom. The van der Waals surface area contributed by atoms with Crippen molar-refractivity contribution in [2.75, 3.05) is 0 Å².